The number of nitrogens with zero attached hydrogens (tertiary/aromatic N) is 3. The summed E-state index contributed by atoms with van der Waals surface area (Å²) in [5.41, 5.74) is 2.32. The Morgan fingerprint density at radius 1 is 1.35 bits per heavy atom. The summed E-state index contributed by atoms with van der Waals surface area (Å²) in [7, 11) is 0. The molecule has 1 N–H and O–H groups in total. The van der Waals surface area contributed by atoms with E-state index in [4.69, 9.17) is 11.6 Å². The molecule has 0 amide bonds. The highest BCUT2D eigenvalue weighted by molar-refractivity contribution is 6.33. The predicted molar refractivity (Wildman–Crippen MR) is 82.1 cm³/mol. The minimum absolute atomic E-state index is 0.819. The van der Waals surface area contributed by atoms with Crippen molar-refractivity contribution < 1.29 is 0 Å². The summed E-state index contributed by atoms with van der Waals surface area (Å²) in [5.74, 6) is 1.10. The highest BCUT2D eigenvalue weighted by Crippen LogP contribution is 2.29. The third-order valence-electron chi connectivity index (χ3n) is 3.68. The lowest BCUT2D eigenvalue weighted by Crippen LogP contribution is -2.33. The number of fused-ring (bicyclic) bond motifs is 1. The molecule has 0 saturated heterocycles. The highest BCUT2D eigenvalue weighted by Gasteiger charge is 2.18. The van der Waals surface area contributed by atoms with Gasteiger partial charge >= 0.3 is 0 Å². The first-order valence-electron chi connectivity index (χ1n) is 7.02. The molecule has 3 rings (SSSR count). The number of halogens is 1. The van der Waals surface area contributed by atoms with Crippen molar-refractivity contribution in [1.82, 2.24) is 14.9 Å². The van der Waals surface area contributed by atoms with E-state index in [-0.39, 0.29) is 0 Å². The number of nitrogens with one attached hydrogen (secondary N) is 1. The fraction of sp³-hybridized carbons (Fsp3) is 0.400. The van der Waals surface area contributed by atoms with E-state index in [0.29, 0.717) is 0 Å². The summed E-state index contributed by atoms with van der Waals surface area (Å²) in [4.78, 5) is 6.68. The summed E-state index contributed by atoms with van der Waals surface area (Å²) in [6.45, 7) is 6.68. The molecular weight excluding hydrogens is 272 g/mol. The van der Waals surface area contributed by atoms with Gasteiger partial charge in [0.25, 0.3) is 0 Å². The van der Waals surface area contributed by atoms with Gasteiger partial charge in [-0.2, -0.15) is 0 Å². The number of imidazole rings is 1. The van der Waals surface area contributed by atoms with E-state index in [1.165, 1.54) is 5.56 Å². The third kappa shape index (κ3) is 2.67. The van der Waals surface area contributed by atoms with E-state index in [1.807, 2.05) is 12.4 Å². The largest absolute Gasteiger partial charge is 0.361 e. The summed E-state index contributed by atoms with van der Waals surface area (Å²) in [6, 6.07) is 6.32. The first kappa shape index (κ1) is 13.5. The molecular formula is C15H19ClN4. The standard InChI is InChI=1S/C15H19ClN4/c1-2-17-10-12-3-4-14(13(16)9-12)20-8-7-19-6-5-18-15(19)11-20/h3-6,9,17H,2,7-8,10-11H2,1H3. The van der Waals surface area contributed by atoms with Crippen LogP contribution < -0.4 is 10.2 Å². The van der Waals surface area contributed by atoms with Gasteiger partial charge in [-0.3, -0.25) is 0 Å². The van der Waals surface area contributed by atoms with Gasteiger partial charge in [-0.25, -0.2) is 4.98 Å². The molecule has 20 heavy (non-hydrogen) atoms. The van der Waals surface area contributed by atoms with Crippen LogP contribution in [0.4, 0.5) is 5.69 Å². The Morgan fingerprint density at radius 3 is 3.05 bits per heavy atom. The maximum absolute atomic E-state index is 6.45. The van der Waals surface area contributed by atoms with Crippen molar-refractivity contribution in [3.8, 4) is 0 Å². The number of anilines is 1. The summed E-state index contributed by atoms with van der Waals surface area (Å²) < 4.78 is 2.20. The van der Waals surface area contributed by atoms with Crippen LogP contribution in [0, 0.1) is 0 Å². The molecule has 0 aliphatic carbocycles. The lowest BCUT2D eigenvalue weighted by molar-refractivity contribution is 0.560. The number of aromatic nitrogens is 2. The van der Waals surface area contributed by atoms with Gasteiger partial charge in [0.2, 0.25) is 0 Å². The first-order chi connectivity index (χ1) is 9.78. The Hall–Kier alpha value is -1.52. The van der Waals surface area contributed by atoms with Gasteiger partial charge in [0.15, 0.2) is 0 Å². The van der Waals surface area contributed by atoms with Gasteiger partial charge < -0.3 is 14.8 Å². The van der Waals surface area contributed by atoms with E-state index >= 15 is 0 Å². The van der Waals surface area contributed by atoms with Crippen LogP contribution in [0.1, 0.15) is 18.3 Å². The SMILES string of the molecule is CCNCc1ccc(N2CCn3ccnc3C2)c(Cl)c1. The normalized spacial score (nSPS) is 14.4. The van der Waals surface area contributed by atoms with Crippen LogP contribution in [0.25, 0.3) is 0 Å². The van der Waals surface area contributed by atoms with Crippen LogP contribution in [0.5, 0.6) is 0 Å². The van der Waals surface area contributed by atoms with Crippen molar-refractivity contribution in [3.63, 3.8) is 0 Å². The molecule has 2 aromatic rings. The molecule has 0 spiro atoms. The Labute approximate surface area is 124 Å². The van der Waals surface area contributed by atoms with Crippen molar-refractivity contribution >= 4 is 17.3 Å². The molecule has 0 radical (unpaired) electrons. The quantitative estimate of drug-likeness (QED) is 0.940. The molecule has 0 saturated carbocycles. The zero-order valence-electron chi connectivity index (χ0n) is 11.6. The molecule has 1 aromatic carbocycles. The molecule has 2 heterocycles. The number of hydrogen-bond acceptors (Lipinski definition) is 3. The van der Waals surface area contributed by atoms with E-state index in [1.54, 1.807) is 0 Å². The zero-order valence-corrected chi connectivity index (χ0v) is 12.4. The fourth-order valence-corrected chi connectivity index (χ4v) is 2.89. The average molecular weight is 291 g/mol. The summed E-state index contributed by atoms with van der Waals surface area (Å²) in [6.07, 6.45) is 3.90. The van der Waals surface area contributed by atoms with Crippen LogP contribution in [0.15, 0.2) is 30.6 Å². The minimum atomic E-state index is 0.819. The van der Waals surface area contributed by atoms with Gasteiger partial charge in [0, 0.05) is 32.0 Å². The molecule has 1 aliphatic rings. The van der Waals surface area contributed by atoms with Gasteiger partial charge in [-0.15, -0.1) is 0 Å². The molecule has 106 valence electrons. The Bertz CT molecular complexity index is 593. The number of hydrogen-bond donors (Lipinski definition) is 1. The highest BCUT2D eigenvalue weighted by atomic mass is 35.5. The second kappa shape index (κ2) is 5.85. The van der Waals surface area contributed by atoms with Crippen LogP contribution in [0.3, 0.4) is 0 Å². The van der Waals surface area contributed by atoms with E-state index in [0.717, 1.165) is 49.3 Å². The molecule has 0 atom stereocenters. The summed E-state index contributed by atoms with van der Waals surface area (Å²) >= 11 is 6.45. The monoisotopic (exact) mass is 290 g/mol. The lowest BCUT2D eigenvalue weighted by Gasteiger charge is -2.30. The fourth-order valence-electron chi connectivity index (χ4n) is 2.57. The smallest absolute Gasteiger partial charge is 0.128 e. The molecule has 0 unspecified atom stereocenters. The van der Waals surface area contributed by atoms with Crippen molar-refractivity contribution in [1.29, 1.82) is 0 Å². The minimum Gasteiger partial charge on any atom is -0.361 e. The number of benzene rings is 1. The van der Waals surface area contributed by atoms with Gasteiger partial charge in [-0.1, -0.05) is 24.6 Å². The Balaban J connectivity index is 1.78. The second-order valence-electron chi connectivity index (χ2n) is 5.02. The van der Waals surface area contributed by atoms with Crippen LogP contribution in [-0.4, -0.2) is 22.6 Å². The zero-order chi connectivity index (χ0) is 13.9. The number of rotatable bonds is 4. The topological polar surface area (TPSA) is 33.1 Å². The molecule has 0 fully saturated rings. The molecule has 5 heteroatoms. The summed E-state index contributed by atoms with van der Waals surface area (Å²) in [5, 5.41) is 4.13. The third-order valence-corrected chi connectivity index (χ3v) is 3.98. The molecule has 1 aromatic heterocycles. The molecule has 4 nitrogen and oxygen atoms in total. The van der Waals surface area contributed by atoms with E-state index in [2.05, 4.69) is 44.9 Å². The van der Waals surface area contributed by atoms with E-state index in [9.17, 15) is 0 Å². The van der Waals surface area contributed by atoms with Gasteiger partial charge in [-0.05, 0) is 24.2 Å². The first-order valence-corrected chi connectivity index (χ1v) is 7.40. The maximum atomic E-state index is 6.45. The average Bonchev–Trinajstić information content (AvgIpc) is 2.92. The van der Waals surface area contributed by atoms with Crippen LogP contribution >= 0.6 is 11.6 Å². The van der Waals surface area contributed by atoms with Crippen LogP contribution in [-0.2, 0) is 19.6 Å². The van der Waals surface area contributed by atoms with Crippen LogP contribution in [0.2, 0.25) is 5.02 Å². The predicted octanol–water partition coefficient (Wildman–Crippen LogP) is 2.67. The second-order valence-corrected chi connectivity index (χ2v) is 5.43. The van der Waals surface area contributed by atoms with Crippen molar-refractivity contribution in [3.05, 3.63) is 47.0 Å². The maximum Gasteiger partial charge on any atom is 0.128 e. The van der Waals surface area contributed by atoms with Crippen molar-refractivity contribution in [2.75, 3.05) is 18.0 Å². The van der Waals surface area contributed by atoms with E-state index < -0.39 is 0 Å². The van der Waals surface area contributed by atoms with Crippen molar-refractivity contribution in [2.45, 2.75) is 26.6 Å². The molecule has 0 bridgehead atoms. The Morgan fingerprint density at radius 2 is 2.25 bits per heavy atom. The lowest BCUT2D eigenvalue weighted by atomic mass is 10.1. The van der Waals surface area contributed by atoms with Gasteiger partial charge in [0.1, 0.15) is 5.82 Å². The van der Waals surface area contributed by atoms with Crippen molar-refractivity contribution in [2.24, 2.45) is 0 Å². The Kier molecular flexibility index (Phi) is 3.94. The molecule has 1 aliphatic heterocycles. The van der Waals surface area contributed by atoms with Gasteiger partial charge in [0.05, 0.1) is 17.3 Å².